The minimum Gasteiger partial charge on any atom is -0.395 e. The van der Waals surface area contributed by atoms with Crippen molar-refractivity contribution in [2.45, 2.75) is 35.8 Å². The molecule has 0 spiro atoms. The third-order valence-corrected chi connectivity index (χ3v) is 7.37. The summed E-state index contributed by atoms with van der Waals surface area (Å²) in [5, 5.41) is 23.1. The Morgan fingerprint density at radius 2 is 1.48 bits per heavy atom. The van der Waals surface area contributed by atoms with Crippen molar-refractivity contribution in [3.8, 4) is 0 Å². The van der Waals surface area contributed by atoms with E-state index in [4.69, 9.17) is 0 Å². The average molecular weight is 571 g/mol. The van der Waals surface area contributed by atoms with Gasteiger partial charge in [0.15, 0.2) is 0 Å². The summed E-state index contributed by atoms with van der Waals surface area (Å²) in [5.41, 5.74) is -6.33. The van der Waals surface area contributed by atoms with Gasteiger partial charge in [0, 0.05) is 36.5 Å². The van der Waals surface area contributed by atoms with Crippen LogP contribution >= 0.6 is 0 Å². The van der Waals surface area contributed by atoms with Crippen LogP contribution in [0.15, 0.2) is 78.9 Å². The van der Waals surface area contributed by atoms with Crippen LogP contribution < -0.4 is 5.32 Å². The molecule has 12 heteroatoms. The number of aliphatic hydroxyl groups excluding tert-OH is 1. The van der Waals surface area contributed by atoms with E-state index in [-0.39, 0.29) is 25.2 Å². The number of aliphatic hydroxyl groups is 2. The molecule has 40 heavy (non-hydrogen) atoms. The van der Waals surface area contributed by atoms with E-state index in [2.05, 4.69) is 5.32 Å². The summed E-state index contributed by atoms with van der Waals surface area (Å²) in [5.74, 6) is -1.36. The molecule has 0 unspecified atom stereocenters. The number of alkyl halides is 6. The lowest BCUT2D eigenvalue weighted by atomic mass is 9.70. The Labute approximate surface area is 224 Å². The maximum Gasteiger partial charge on any atom is 0.430 e. The van der Waals surface area contributed by atoms with Gasteiger partial charge in [0.25, 0.3) is 5.60 Å². The molecule has 2 atom stereocenters. The molecule has 3 N–H and O–H groups in total. The van der Waals surface area contributed by atoms with E-state index in [0.29, 0.717) is 17.7 Å². The predicted molar refractivity (Wildman–Crippen MR) is 131 cm³/mol. The number of nitrogens with one attached hydrogen (secondary N) is 1. The summed E-state index contributed by atoms with van der Waals surface area (Å²) < 4.78 is 93.9. The molecule has 0 radical (unpaired) electrons. The highest BCUT2D eigenvalue weighted by Gasteiger charge is 2.71. The van der Waals surface area contributed by atoms with Crippen molar-refractivity contribution in [3.05, 3.63) is 107 Å². The Kier molecular flexibility index (Phi) is 7.88. The minimum absolute atomic E-state index is 0.0548. The monoisotopic (exact) mass is 570 g/mol. The van der Waals surface area contributed by atoms with Gasteiger partial charge in [0.2, 0.25) is 0 Å². The average Bonchev–Trinajstić information content (AvgIpc) is 3.32. The van der Waals surface area contributed by atoms with Crippen LogP contribution in [0.2, 0.25) is 0 Å². The van der Waals surface area contributed by atoms with Gasteiger partial charge in [-0.1, -0.05) is 66.7 Å². The van der Waals surface area contributed by atoms with Crippen molar-refractivity contribution in [1.82, 2.24) is 10.2 Å². The van der Waals surface area contributed by atoms with Gasteiger partial charge >= 0.3 is 18.4 Å². The third kappa shape index (κ3) is 5.25. The highest BCUT2D eigenvalue weighted by Crippen LogP contribution is 2.51. The van der Waals surface area contributed by atoms with Crippen LogP contribution in [0.5, 0.6) is 0 Å². The van der Waals surface area contributed by atoms with E-state index in [1.54, 1.807) is 24.3 Å². The van der Waals surface area contributed by atoms with Gasteiger partial charge in [-0.3, -0.25) is 0 Å². The van der Waals surface area contributed by atoms with Crippen molar-refractivity contribution < 1.29 is 45.7 Å². The second kappa shape index (κ2) is 10.7. The molecule has 214 valence electrons. The van der Waals surface area contributed by atoms with E-state index < -0.39 is 53.3 Å². The molecule has 1 saturated heterocycles. The van der Waals surface area contributed by atoms with Crippen LogP contribution in [0.1, 0.15) is 28.2 Å². The van der Waals surface area contributed by atoms with E-state index in [9.17, 15) is 45.7 Å². The molecule has 0 aromatic heterocycles. The molecule has 2 amide bonds. The molecule has 0 aliphatic carbocycles. The molecule has 1 fully saturated rings. The van der Waals surface area contributed by atoms with Crippen LogP contribution in [0.4, 0.5) is 35.5 Å². The maximum atomic E-state index is 13.7. The van der Waals surface area contributed by atoms with Crippen molar-refractivity contribution in [1.29, 1.82) is 0 Å². The standard InChI is InChI=1S/C28H25F7N2O3/c29-22-12-10-20(11-13-22)25(17-38)16-37(24(39)36-14-18-4-2-1-3-5-18)15-23(25)19-6-8-21(9-7-19)26(40,27(30,31)32)28(33,34)35/h1-13,23,38,40H,14-17H2,(H,36,39)/t23-,25-/m0/s1. The molecule has 1 aliphatic rings. The smallest absolute Gasteiger partial charge is 0.395 e. The Balaban J connectivity index is 1.70. The number of hydrogen-bond donors (Lipinski definition) is 3. The molecule has 0 saturated carbocycles. The number of carbonyl (C=O) groups is 1. The highest BCUT2D eigenvalue weighted by atomic mass is 19.4. The van der Waals surface area contributed by atoms with Crippen molar-refractivity contribution in [2.75, 3.05) is 19.7 Å². The second-order valence-electron chi connectivity index (χ2n) is 9.73. The Morgan fingerprint density at radius 1 is 0.900 bits per heavy atom. The lowest BCUT2D eigenvalue weighted by molar-refractivity contribution is -0.376. The van der Waals surface area contributed by atoms with Gasteiger partial charge in [-0.15, -0.1) is 0 Å². The quantitative estimate of drug-likeness (QED) is 0.349. The molecule has 4 rings (SSSR count). The second-order valence-corrected chi connectivity index (χ2v) is 9.73. The summed E-state index contributed by atoms with van der Waals surface area (Å²) in [6, 6.07) is 16.7. The van der Waals surface area contributed by atoms with Crippen LogP contribution in [0.3, 0.4) is 0 Å². The predicted octanol–water partition coefficient (Wildman–Crippen LogP) is 5.38. The van der Waals surface area contributed by atoms with E-state index in [1.807, 2.05) is 6.07 Å². The Morgan fingerprint density at radius 3 is 2.00 bits per heavy atom. The van der Waals surface area contributed by atoms with Crippen molar-refractivity contribution in [2.24, 2.45) is 0 Å². The lowest BCUT2D eigenvalue weighted by Gasteiger charge is -2.35. The fraction of sp³-hybridized carbons (Fsp3) is 0.321. The molecule has 3 aromatic rings. The molecule has 3 aromatic carbocycles. The first kappa shape index (κ1) is 29.3. The topological polar surface area (TPSA) is 72.8 Å². The van der Waals surface area contributed by atoms with Crippen LogP contribution in [0, 0.1) is 5.82 Å². The largest absolute Gasteiger partial charge is 0.430 e. The van der Waals surface area contributed by atoms with Crippen molar-refractivity contribution in [3.63, 3.8) is 0 Å². The van der Waals surface area contributed by atoms with E-state index in [0.717, 1.165) is 29.8 Å². The summed E-state index contributed by atoms with van der Waals surface area (Å²) in [6.07, 6.45) is -12.1. The summed E-state index contributed by atoms with van der Waals surface area (Å²) in [4.78, 5) is 14.5. The summed E-state index contributed by atoms with van der Waals surface area (Å²) in [7, 11) is 0. The molecule has 1 heterocycles. The van der Waals surface area contributed by atoms with Gasteiger partial charge in [-0.25, -0.2) is 9.18 Å². The van der Waals surface area contributed by atoms with Gasteiger partial charge in [-0.2, -0.15) is 26.3 Å². The molecular weight excluding hydrogens is 545 g/mol. The van der Waals surface area contributed by atoms with Gasteiger partial charge in [0.05, 0.1) is 6.61 Å². The number of urea groups is 1. The number of rotatable bonds is 6. The molecule has 0 bridgehead atoms. The Bertz CT molecular complexity index is 1300. The SMILES string of the molecule is O=C(NCc1ccccc1)N1C[C@@H](c2ccc(C(O)(C(F)(F)F)C(F)(F)F)cc2)[C@@](CO)(c2ccc(F)cc2)C1. The van der Waals surface area contributed by atoms with Crippen molar-refractivity contribution >= 4 is 6.03 Å². The highest BCUT2D eigenvalue weighted by molar-refractivity contribution is 5.75. The number of amides is 2. The summed E-state index contributed by atoms with van der Waals surface area (Å²) >= 11 is 0. The molecule has 5 nitrogen and oxygen atoms in total. The number of nitrogens with zero attached hydrogens (tertiary/aromatic N) is 1. The maximum absolute atomic E-state index is 13.7. The zero-order valence-electron chi connectivity index (χ0n) is 20.8. The zero-order valence-corrected chi connectivity index (χ0v) is 20.8. The first-order valence-electron chi connectivity index (χ1n) is 12.1. The van der Waals surface area contributed by atoms with Gasteiger partial charge < -0.3 is 20.4 Å². The fourth-order valence-electron chi connectivity index (χ4n) is 5.15. The van der Waals surface area contributed by atoms with E-state index >= 15 is 0 Å². The Hall–Kier alpha value is -3.64. The number of carbonyl (C=O) groups excluding carboxylic acids is 1. The molecular formula is C28H25F7N2O3. The zero-order chi connectivity index (χ0) is 29.3. The van der Waals surface area contributed by atoms with Gasteiger partial charge in [0.1, 0.15) is 5.82 Å². The third-order valence-electron chi connectivity index (χ3n) is 7.37. The van der Waals surface area contributed by atoms with Gasteiger partial charge in [-0.05, 0) is 28.8 Å². The normalized spacial score (nSPS) is 20.0. The number of benzene rings is 3. The number of hydrogen-bond acceptors (Lipinski definition) is 3. The number of halogens is 7. The van der Waals surface area contributed by atoms with Crippen LogP contribution in [-0.2, 0) is 17.6 Å². The lowest BCUT2D eigenvalue weighted by Crippen LogP contribution is -2.53. The van der Waals surface area contributed by atoms with E-state index in [1.165, 1.54) is 17.0 Å². The first-order valence-corrected chi connectivity index (χ1v) is 12.1. The number of likely N-dealkylation sites (tertiary alicyclic amines) is 1. The summed E-state index contributed by atoms with van der Waals surface area (Å²) in [6.45, 7) is -0.508. The minimum atomic E-state index is -6.04. The van der Waals surface area contributed by atoms with Crippen LogP contribution in [-0.4, -0.2) is 53.2 Å². The molecule has 1 aliphatic heterocycles. The van der Waals surface area contributed by atoms with Crippen LogP contribution in [0.25, 0.3) is 0 Å². The fourth-order valence-corrected chi connectivity index (χ4v) is 5.15. The first-order chi connectivity index (χ1) is 18.7.